The molecule has 2 heterocycles. The summed E-state index contributed by atoms with van der Waals surface area (Å²) in [6.07, 6.45) is 0. The van der Waals surface area contributed by atoms with Gasteiger partial charge in [-0.05, 0) is 58.0 Å². The molecule has 0 aliphatic rings. The molecule has 68 heavy (non-hydrogen) atoms. The minimum absolute atomic E-state index is 0.521. The fourth-order valence-electron chi connectivity index (χ4n) is 8.81. The van der Waals surface area contributed by atoms with E-state index in [2.05, 4.69) is 183 Å². The highest BCUT2D eigenvalue weighted by molar-refractivity contribution is 5.75. The summed E-state index contributed by atoms with van der Waals surface area (Å²) >= 11 is 0. The van der Waals surface area contributed by atoms with E-state index in [9.17, 15) is 0 Å². The number of nitrogens with zero attached hydrogens (tertiary/aromatic N) is 6. The Morgan fingerprint density at radius 3 is 0.779 bits per heavy atom. The number of rotatable bonds is 11. The quantitative estimate of drug-likeness (QED) is 0.121. The highest BCUT2D eigenvalue weighted by Gasteiger charge is 2.31. The molecule has 6 heteroatoms. The van der Waals surface area contributed by atoms with Crippen LogP contribution in [0.15, 0.2) is 249 Å². The van der Waals surface area contributed by atoms with Crippen molar-refractivity contribution in [2.45, 2.75) is 12.3 Å². The van der Waals surface area contributed by atoms with Crippen molar-refractivity contribution >= 4 is 0 Å². The van der Waals surface area contributed by atoms with Crippen LogP contribution in [0.5, 0.6) is 0 Å². The van der Waals surface area contributed by atoms with Crippen LogP contribution in [0.25, 0.3) is 90.6 Å². The third kappa shape index (κ3) is 8.50. The molecule has 6 nitrogen and oxygen atoms in total. The Morgan fingerprint density at radius 1 is 0.206 bits per heavy atom. The molecule has 2 aromatic heterocycles. The van der Waals surface area contributed by atoms with E-state index in [1.54, 1.807) is 0 Å². The molecule has 0 fully saturated rings. The van der Waals surface area contributed by atoms with Crippen LogP contribution in [-0.4, -0.2) is 29.9 Å². The van der Waals surface area contributed by atoms with Gasteiger partial charge in [0.15, 0.2) is 34.9 Å². The monoisotopic (exact) mass is 872 g/mol. The van der Waals surface area contributed by atoms with Crippen LogP contribution in [0.4, 0.5) is 0 Å². The number of hydrogen-bond acceptors (Lipinski definition) is 6. The van der Waals surface area contributed by atoms with E-state index in [1.807, 2.05) is 72.8 Å². The molecule has 0 spiro atoms. The minimum atomic E-state index is -0.521. The summed E-state index contributed by atoms with van der Waals surface area (Å²) in [5.74, 6) is 3.69. The second-order valence-electron chi connectivity index (χ2n) is 16.9. The summed E-state index contributed by atoms with van der Waals surface area (Å²) in [5.41, 5.74) is 12.9. The van der Waals surface area contributed by atoms with Crippen molar-refractivity contribution in [2.24, 2.45) is 0 Å². The molecule has 0 aliphatic carbocycles. The highest BCUT2D eigenvalue weighted by Crippen LogP contribution is 2.40. The molecule has 9 aromatic carbocycles. The Labute approximate surface area is 396 Å². The van der Waals surface area contributed by atoms with Crippen LogP contribution < -0.4 is 0 Å². The zero-order valence-corrected chi connectivity index (χ0v) is 37.4. The van der Waals surface area contributed by atoms with Crippen LogP contribution in [0, 0.1) is 0 Å². The summed E-state index contributed by atoms with van der Waals surface area (Å²) in [5, 5.41) is 0. The van der Waals surface area contributed by atoms with Crippen LogP contribution in [0.3, 0.4) is 0 Å². The first-order chi connectivity index (χ1) is 33.5. The molecule has 0 saturated heterocycles. The fourth-order valence-corrected chi connectivity index (χ4v) is 8.81. The Morgan fingerprint density at radius 2 is 0.441 bits per heavy atom. The molecule has 11 aromatic rings. The maximum atomic E-state index is 5.11. The lowest BCUT2D eigenvalue weighted by atomic mass is 9.71. The van der Waals surface area contributed by atoms with Crippen molar-refractivity contribution in [1.82, 2.24) is 29.9 Å². The van der Waals surface area contributed by atoms with Gasteiger partial charge in [0, 0.05) is 38.8 Å². The first kappa shape index (κ1) is 41.7. The summed E-state index contributed by atoms with van der Waals surface area (Å²) < 4.78 is 0. The van der Waals surface area contributed by atoms with E-state index in [-0.39, 0.29) is 0 Å². The molecule has 0 unspecified atom stereocenters. The van der Waals surface area contributed by atoms with Gasteiger partial charge in [0.25, 0.3) is 0 Å². The van der Waals surface area contributed by atoms with Gasteiger partial charge < -0.3 is 0 Å². The smallest absolute Gasteiger partial charge is 0.164 e. The molecule has 11 rings (SSSR count). The van der Waals surface area contributed by atoms with Gasteiger partial charge in [0.1, 0.15) is 0 Å². The van der Waals surface area contributed by atoms with Gasteiger partial charge >= 0.3 is 0 Å². The van der Waals surface area contributed by atoms with Crippen LogP contribution in [0.1, 0.15) is 23.6 Å². The molecule has 0 aliphatic heterocycles. The third-order valence-electron chi connectivity index (χ3n) is 12.6. The van der Waals surface area contributed by atoms with Crippen LogP contribution in [0.2, 0.25) is 0 Å². The Kier molecular flexibility index (Phi) is 11.3. The van der Waals surface area contributed by atoms with Gasteiger partial charge in [-0.15, -0.1) is 0 Å². The van der Waals surface area contributed by atoms with Crippen molar-refractivity contribution in [3.63, 3.8) is 0 Å². The van der Waals surface area contributed by atoms with Gasteiger partial charge in [0.2, 0.25) is 0 Å². The molecule has 322 valence electrons. The van der Waals surface area contributed by atoms with Crippen molar-refractivity contribution in [2.75, 3.05) is 0 Å². The zero-order chi connectivity index (χ0) is 45.7. The van der Waals surface area contributed by atoms with Gasteiger partial charge in [-0.3, -0.25) is 0 Å². The first-order valence-electron chi connectivity index (χ1n) is 22.8. The molecular formula is C62H44N6. The minimum Gasteiger partial charge on any atom is -0.208 e. The van der Waals surface area contributed by atoms with Crippen LogP contribution in [-0.2, 0) is 5.41 Å². The predicted molar refractivity (Wildman–Crippen MR) is 275 cm³/mol. The summed E-state index contributed by atoms with van der Waals surface area (Å²) in [6.45, 7) is 2.29. The van der Waals surface area contributed by atoms with Crippen molar-refractivity contribution in [3.8, 4) is 90.6 Å². The largest absolute Gasteiger partial charge is 0.208 e. The lowest BCUT2D eigenvalue weighted by Crippen LogP contribution is -2.25. The standard InChI is InChI=1S/C62H44N6/c1-62(53-31-15-6-16-32-53,54-37-33-47(34-38-54)58-63-56(45-23-11-4-12-24-45)65-60(67-58)51-29-17-27-49(41-51)43-19-7-2-8-20-43)55-39-35-48(36-40-55)59-64-57(46-25-13-5-14-26-46)66-61(68-59)52-30-18-28-50(42-52)44-21-9-3-10-22-44/h2-42H,1H3. The highest BCUT2D eigenvalue weighted by atomic mass is 15.0. The van der Waals surface area contributed by atoms with Crippen molar-refractivity contribution < 1.29 is 0 Å². The maximum absolute atomic E-state index is 5.11. The van der Waals surface area contributed by atoms with Gasteiger partial charge in [-0.1, -0.05) is 237 Å². The van der Waals surface area contributed by atoms with E-state index in [1.165, 1.54) is 5.56 Å². The molecule has 0 bridgehead atoms. The van der Waals surface area contributed by atoms with E-state index in [4.69, 9.17) is 29.9 Å². The van der Waals surface area contributed by atoms with Gasteiger partial charge in [0.05, 0.1) is 0 Å². The topological polar surface area (TPSA) is 77.3 Å². The summed E-state index contributed by atoms with van der Waals surface area (Å²) in [6, 6.07) is 85.7. The molecular weight excluding hydrogens is 829 g/mol. The maximum Gasteiger partial charge on any atom is 0.164 e. The third-order valence-corrected chi connectivity index (χ3v) is 12.6. The van der Waals surface area contributed by atoms with Crippen molar-refractivity contribution in [1.29, 1.82) is 0 Å². The molecule has 0 N–H and O–H groups in total. The van der Waals surface area contributed by atoms with E-state index in [0.717, 1.165) is 66.8 Å². The van der Waals surface area contributed by atoms with Crippen LogP contribution >= 0.6 is 0 Å². The number of hydrogen-bond donors (Lipinski definition) is 0. The Bertz CT molecular complexity index is 3260. The normalized spacial score (nSPS) is 11.3. The first-order valence-corrected chi connectivity index (χ1v) is 22.8. The van der Waals surface area contributed by atoms with E-state index in [0.29, 0.717) is 34.9 Å². The average molecular weight is 873 g/mol. The lowest BCUT2D eigenvalue weighted by molar-refractivity contribution is 0.692. The summed E-state index contributed by atoms with van der Waals surface area (Å²) in [4.78, 5) is 30.4. The molecule has 0 amide bonds. The van der Waals surface area contributed by atoms with E-state index >= 15 is 0 Å². The molecule has 0 radical (unpaired) electrons. The fraction of sp³-hybridized carbons (Fsp3) is 0.0323. The Balaban J connectivity index is 0.965. The number of aromatic nitrogens is 6. The number of benzene rings is 9. The van der Waals surface area contributed by atoms with Gasteiger partial charge in [-0.25, -0.2) is 29.9 Å². The van der Waals surface area contributed by atoms with E-state index < -0.39 is 5.41 Å². The predicted octanol–water partition coefficient (Wildman–Crippen LogP) is 14.7. The van der Waals surface area contributed by atoms with Crippen molar-refractivity contribution in [3.05, 3.63) is 265 Å². The summed E-state index contributed by atoms with van der Waals surface area (Å²) in [7, 11) is 0. The average Bonchev–Trinajstić information content (AvgIpc) is 3.44. The molecule has 0 saturated carbocycles. The van der Waals surface area contributed by atoms with Gasteiger partial charge in [-0.2, -0.15) is 0 Å². The second kappa shape index (κ2) is 18.5. The second-order valence-corrected chi connectivity index (χ2v) is 16.9. The Hall–Kier alpha value is -9.00. The zero-order valence-electron chi connectivity index (χ0n) is 37.4. The molecule has 0 atom stereocenters. The lowest BCUT2D eigenvalue weighted by Gasteiger charge is -2.32. The SMILES string of the molecule is CC(c1ccccc1)(c1ccc(-c2nc(-c3ccccc3)nc(-c3cccc(-c4ccccc4)c3)n2)cc1)c1ccc(-c2nc(-c3ccccc3)nc(-c3cccc(-c4ccccc4)c3)n2)cc1.